The predicted octanol–water partition coefficient (Wildman–Crippen LogP) is 4.05. The Morgan fingerprint density at radius 3 is 2.58 bits per heavy atom. The molecule has 1 atom stereocenters. The van der Waals surface area contributed by atoms with Crippen molar-refractivity contribution >= 4 is 33.5 Å². The summed E-state index contributed by atoms with van der Waals surface area (Å²) in [6.45, 7) is 0. The van der Waals surface area contributed by atoms with Crippen LogP contribution in [0.4, 0.5) is 10.9 Å². The first-order valence-electron chi connectivity index (χ1n) is 11.1. The van der Waals surface area contributed by atoms with E-state index in [1.807, 2.05) is 46.8 Å². The summed E-state index contributed by atoms with van der Waals surface area (Å²) in [6, 6.07) is 17.9. The fourth-order valence-corrected chi connectivity index (χ4v) is 5.58. The van der Waals surface area contributed by atoms with E-state index in [4.69, 9.17) is 9.40 Å². The van der Waals surface area contributed by atoms with Crippen molar-refractivity contribution in [2.24, 2.45) is 0 Å². The molecular weight excluding hydrogens is 476 g/mol. The third kappa shape index (κ3) is 2.81. The normalized spacial score (nSPS) is 17.9. The second-order valence-electron chi connectivity index (χ2n) is 7.95. The molecule has 0 saturated heterocycles. The molecule has 7 rings (SSSR count). The maximum absolute atomic E-state index is 6.01. The van der Waals surface area contributed by atoms with Gasteiger partial charge >= 0.3 is 0 Å². The molecular formula is C24H18N10OS. The number of H-pyrrole nitrogens is 3. The molecule has 6 aromatic rings. The van der Waals surface area contributed by atoms with E-state index in [-0.39, 0.29) is 0 Å². The van der Waals surface area contributed by atoms with Crippen molar-refractivity contribution in [2.75, 3.05) is 10.0 Å². The first-order chi connectivity index (χ1) is 17.9. The summed E-state index contributed by atoms with van der Waals surface area (Å²) in [4.78, 5) is 12.6. The molecule has 0 saturated carbocycles. The summed E-state index contributed by atoms with van der Waals surface area (Å²) < 4.78 is 6.01. The molecule has 1 aliphatic heterocycles. The molecule has 0 radical (unpaired) electrons. The number of nitrogens with zero attached hydrogens (tertiary/aromatic N) is 7. The van der Waals surface area contributed by atoms with Gasteiger partial charge in [0.2, 0.25) is 5.88 Å². The molecule has 5 aromatic heterocycles. The maximum Gasteiger partial charge on any atom is 0.218 e. The summed E-state index contributed by atoms with van der Waals surface area (Å²) >= 11 is 1.59. The van der Waals surface area contributed by atoms with Gasteiger partial charge in [-0.05, 0) is 29.1 Å². The Kier molecular flexibility index (Phi) is 4.57. The van der Waals surface area contributed by atoms with Crippen LogP contribution in [-0.4, -0.2) is 40.6 Å². The van der Waals surface area contributed by atoms with Crippen molar-refractivity contribution in [1.82, 2.24) is 40.6 Å². The number of rotatable bonds is 6. The lowest BCUT2D eigenvalue weighted by atomic mass is 9.79. The molecule has 1 unspecified atom stereocenters. The van der Waals surface area contributed by atoms with E-state index >= 15 is 0 Å². The van der Waals surface area contributed by atoms with E-state index in [2.05, 4.69) is 58.8 Å². The van der Waals surface area contributed by atoms with Gasteiger partial charge in [-0.2, -0.15) is 20.5 Å². The minimum atomic E-state index is -1.05. The van der Waals surface area contributed by atoms with E-state index < -0.39 is 5.54 Å². The SMILES string of the molecule is c1ccc(C2(c3ncn[nH]3)C(c3cn[nH]n3)=C(c3ncc[nH]3)N(c3ccco3)N2c2cccs2)cc1. The van der Waals surface area contributed by atoms with Gasteiger partial charge in [-0.15, -0.1) is 11.3 Å². The number of aromatic nitrogens is 8. The molecule has 0 amide bonds. The van der Waals surface area contributed by atoms with E-state index in [1.54, 1.807) is 36.2 Å². The number of anilines is 2. The van der Waals surface area contributed by atoms with Crippen molar-refractivity contribution in [3.63, 3.8) is 0 Å². The molecule has 6 heterocycles. The van der Waals surface area contributed by atoms with Gasteiger partial charge in [0.05, 0.1) is 18.0 Å². The first kappa shape index (κ1) is 20.4. The third-order valence-corrected chi connectivity index (χ3v) is 6.94. The smallest absolute Gasteiger partial charge is 0.218 e. The summed E-state index contributed by atoms with van der Waals surface area (Å²) in [6.07, 6.45) is 8.36. The Morgan fingerprint density at radius 2 is 1.92 bits per heavy atom. The van der Waals surface area contributed by atoms with Gasteiger partial charge in [0, 0.05) is 18.5 Å². The van der Waals surface area contributed by atoms with Crippen LogP contribution in [-0.2, 0) is 5.54 Å². The number of furan rings is 1. The van der Waals surface area contributed by atoms with Gasteiger partial charge in [0.25, 0.3) is 0 Å². The Bertz CT molecular complexity index is 1570. The molecule has 3 N–H and O–H groups in total. The van der Waals surface area contributed by atoms with Crippen LogP contribution < -0.4 is 10.0 Å². The zero-order valence-corrected chi connectivity index (χ0v) is 19.4. The minimum Gasteiger partial charge on any atom is -0.447 e. The lowest BCUT2D eigenvalue weighted by Crippen LogP contribution is -2.51. The third-order valence-electron chi connectivity index (χ3n) is 6.10. The van der Waals surface area contributed by atoms with Gasteiger partial charge in [-0.3, -0.25) is 5.10 Å². The molecule has 0 fully saturated rings. The number of imidazole rings is 1. The zero-order valence-electron chi connectivity index (χ0n) is 18.6. The van der Waals surface area contributed by atoms with Crippen molar-refractivity contribution in [1.29, 1.82) is 0 Å². The highest BCUT2D eigenvalue weighted by molar-refractivity contribution is 7.14. The lowest BCUT2D eigenvalue weighted by molar-refractivity contribution is 0.529. The monoisotopic (exact) mass is 494 g/mol. The second kappa shape index (κ2) is 8.06. The molecule has 36 heavy (non-hydrogen) atoms. The van der Waals surface area contributed by atoms with Crippen LogP contribution in [0.15, 0.2) is 95.6 Å². The van der Waals surface area contributed by atoms with Crippen LogP contribution in [0, 0.1) is 0 Å². The predicted molar refractivity (Wildman–Crippen MR) is 133 cm³/mol. The number of aromatic amines is 3. The highest BCUT2D eigenvalue weighted by Gasteiger charge is 2.59. The fraction of sp³-hybridized carbons (Fsp3) is 0.0417. The van der Waals surface area contributed by atoms with Crippen LogP contribution in [0.5, 0.6) is 0 Å². The minimum absolute atomic E-state index is 0.591. The van der Waals surface area contributed by atoms with Gasteiger partial charge < -0.3 is 9.40 Å². The van der Waals surface area contributed by atoms with Gasteiger partial charge in [-0.1, -0.05) is 30.3 Å². The van der Waals surface area contributed by atoms with Crippen molar-refractivity contribution < 1.29 is 4.42 Å². The average molecular weight is 495 g/mol. The average Bonchev–Trinajstić information content (AvgIpc) is 3.73. The first-order valence-corrected chi connectivity index (χ1v) is 12.0. The topological polar surface area (TPSA) is 131 Å². The van der Waals surface area contributed by atoms with E-state index in [0.717, 1.165) is 21.8 Å². The molecule has 0 bridgehead atoms. The number of hydrazine groups is 1. The highest BCUT2D eigenvalue weighted by atomic mass is 32.1. The summed E-state index contributed by atoms with van der Waals surface area (Å²) in [5.41, 5.74) is 2.04. The van der Waals surface area contributed by atoms with E-state index in [0.29, 0.717) is 23.2 Å². The number of thiophene rings is 1. The summed E-state index contributed by atoms with van der Waals surface area (Å²) in [5.74, 6) is 1.81. The number of nitrogens with one attached hydrogen (secondary N) is 3. The quantitative estimate of drug-likeness (QED) is 0.316. The second-order valence-corrected chi connectivity index (χ2v) is 8.88. The lowest BCUT2D eigenvalue weighted by Gasteiger charge is -2.42. The zero-order chi connectivity index (χ0) is 24.0. The molecule has 176 valence electrons. The van der Waals surface area contributed by atoms with Gasteiger partial charge in [-0.25, -0.2) is 20.0 Å². The number of benzene rings is 1. The molecule has 11 nitrogen and oxygen atoms in total. The number of hydrogen-bond acceptors (Lipinski definition) is 9. The molecule has 0 aliphatic carbocycles. The largest absolute Gasteiger partial charge is 0.447 e. The maximum atomic E-state index is 6.01. The summed E-state index contributed by atoms with van der Waals surface area (Å²) in [5, 5.41) is 26.0. The van der Waals surface area contributed by atoms with E-state index in [1.165, 1.54) is 6.33 Å². The molecule has 0 spiro atoms. The van der Waals surface area contributed by atoms with Crippen molar-refractivity contribution in [3.8, 4) is 0 Å². The van der Waals surface area contributed by atoms with Gasteiger partial charge in [0.1, 0.15) is 22.7 Å². The van der Waals surface area contributed by atoms with Crippen LogP contribution in [0.3, 0.4) is 0 Å². The fourth-order valence-electron chi connectivity index (χ4n) is 4.81. The molecule has 12 heteroatoms. The molecule has 1 aromatic carbocycles. The Labute approximate surface area is 208 Å². The van der Waals surface area contributed by atoms with Crippen molar-refractivity contribution in [3.05, 3.63) is 114 Å². The van der Waals surface area contributed by atoms with Crippen LogP contribution in [0.1, 0.15) is 22.9 Å². The Morgan fingerprint density at radius 1 is 0.972 bits per heavy atom. The van der Waals surface area contributed by atoms with Crippen LogP contribution >= 0.6 is 11.3 Å². The van der Waals surface area contributed by atoms with Crippen molar-refractivity contribution in [2.45, 2.75) is 5.54 Å². The van der Waals surface area contributed by atoms with E-state index in [9.17, 15) is 0 Å². The Balaban J connectivity index is 1.69. The standard InChI is InChI=1S/C24H18N10OS/c1-2-6-16(7-3-1)24(23-27-15-29-31-23)20(17-14-28-32-30-17)21(22-25-10-11-26-22)33(18-8-4-12-35-18)34(24)19-9-5-13-36-19/h1-15H,(H,25,26)(H,27,29,31)(H,28,30,32). The number of hydrogen-bond donors (Lipinski definition) is 3. The molecule has 1 aliphatic rings. The van der Waals surface area contributed by atoms with Crippen LogP contribution in [0.2, 0.25) is 0 Å². The van der Waals surface area contributed by atoms with Crippen LogP contribution in [0.25, 0.3) is 11.3 Å². The Hall–Kier alpha value is -4.97. The summed E-state index contributed by atoms with van der Waals surface area (Å²) in [7, 11) is 0. The van der Waals surface area contributed by atoms with Gasteiger partial charge in [0.15, 0.2) is 17.2 Å². The highest BCUT2D eigenvalue weighted by Crippen LogP contribution is 2.58.